The van der Waals surface area contributed by atoms with Crippen LogP contribution >= 0.6 is 11.6 Å². The third-order valence-corrected chi connectivity index (χ3v) is 3.41. The van der Waals surface area contributed by atoms with Gasteiger partial charge in [-0.1, -0.05) is 23.7 Å². The number of benzene rings is 1. The molecule has 2 rings (SSSR count). The van der Waals surface area contributed by atoms with Gasteiger partial charge in [-0.25, -0.2) is 0 Å². The van der Waals surface area contributed by atoms with Crippen molar-refractivity contribution in [3.8, 4) is 0 Å². The summed E-state index contributed by atoms with van der Waals surface area (Å²) in [6.07, 6.45) is 2.31. The van der Waals surface area contributed by atoms with Crippen molar-refractivity contribution >= 4 is 11.6 Å². The van der Waals surface area contributed by atoms with Gasteiger partial charge in [-0.05, 0) is 37.5 Å². The summed E-state index contributed by atoms with van der Waals surface area (Å²) in [7, 11) is 0. The Morgan fingerprint density at radius 2 is 2.17 bits per heavy atom. The molecular formula is C14H20ClNO2. The first-order chi connectivity index (χ1) is 8.66. The van der Waals surface area contributed by atoms with E-state index >= 15 is 0 Å². The Hall–Kier alpha value is -0.610. The summed E-state index contributed by atoms with van der Waals surface area (Å²) in [6, 6.07) is 7.59. The molecule has 0 saturated carbocycles. The Kier molecular flexibility index (Phi) is 5.01. The van der Waals surface area contributed by atoms with Gasteiger partial charge in [0.1, 0.15) is 0 Å². The van der Waals surface area contributed by atoms with Gasteiger partial charge in [0.2, 0.25) is 0 Å². The maximum absolute atomic E-state index is 5.99. The zero-order chi connectivity index (χ0) is 13.0. The molecule has 1 aromatic rings. The highest BCUT2D eigenvalue weighted by Gasteiger charge is 2.21. The number of nitrogens with two attached hydrogens (primary N) is 1. The maximum atomic E-state index is 5.99. The molecule has 100 valence electrons. The molecule has 18 heavy (non-hydrogen) atoms. The minimum absolute atomic E-state index is 0.0624. The molecule has 1 aromatic carbocycles. The fourth-order valence-corrected chi connectivity index (χ4v) is 2.32. The third kappa shape index (κ3) is 3.69. The van der Waals surface area contributed by atoms with E-state index < -0.39 is 0 Å². The zero-order valence-corrected chi connectivity index (χ0v) is 11.4. The molecule has 2 N–H and O–H groups in total. The summed E-state index contributed by atoms with van der Waals surface area (Å²) in [5, 5.41) is 0.723. The molecule has 0 spiro atoms. The monoisotopic (exact) mass is 269 g/mol. The van der Waals surface area contributed by atoms with Crippen LogP contribution in [0.2, 0.25) is 5.02 Å². The predicted molar refractivity (Wildman–Crippen MR) is 72.8 cm³/mol. The van der Waals surface area contributed by atoms with E-state index in [2.05, 4.69) is 0 Å². The van der Waals surface area contributed by atoms with Crippen molar-refractivity contribution in [2.45, 2.75) is 38.0 Å². The minimum Gasteiger partial charge on any atom is -0.376 e. The van der Waals surface area contributed by atoms with E-state index in [0.29, 0.717) is 6.61 Å². The molecule has 0 radical (unpaired) electrons. The molecule has 3 nitrogen and oxygen atoms in total. The minimum atomic E-state index is -0.105. The van der Waals surface area contributed by atoms with Crippen LogP contribution in [0, 0.1) is 0 Å². The smallest absolute Gasteiger partial charge is 0.0974 e. The van der Waals surface area contributed by atoms with Crippen LogP contribution < -0.4 is 5.73 Å². The Balaban J connectivity index is 1.96. The third-order valence-electron chi connectivity index (χ3n) is 3.16. The maximum Gasteiger partial charge on any atom is 0.0974 e. The first-order valence-corrected chi connectivity index (χ1v) is 6.79. The van der Waals surface area contributed by atoms with Gasteiger partial charge in [0, 0.05) is 17.7 Å². The summed E-state index contributed by atoms with van der Waals surface area (Å²) in [4.78, 5) is 0. The van der Waals surface area contributed by atoms with Crippen molar-refractivity contribution in [1.29, 1.82) is 0 Å². The Bertz CT molecular complexity index is 361. The standard InChI is InChI=1S/C14H20ClNO2/c1-10(16)14(11-4-6-12(15)7-5-11)18-9-13-3-2-8-17-13/h4-7,10,13-14H,2-3,8-9,16H2,1H3. The topological polar surface area (TPSA) is 44.5 Å². The number of halogens is 1. The molecule has 4 heteroatoms. The van der Waals surface area contributed by atoms with Crippen LogP contribution in [0.25, 0.3) is 0 Å². The van der Waals surface area contributed by atoms with Gasteiger partial charge in [0.25, 0.3) is 0 Å². The molecule has 0 bridgehead atoms. The van der Waals surface area contributed by atoms with Crippen molar-refractivity contribution in [1.82, 2.24) is 0 Å². The van der Waals surface area contributed by atoms with E-state index in [-0.39, 0.29) is 18.2 Å². The zero-order valence-electron chi connectivity index (χ0n) is 10.6. The lowest BCUT2D eigenvalue weighted by molar-refractivity contribution is -0.0286. The second-order valence-electron chi connectivity index (χ2n) is 4.80. The second-order valence-corrected chi connectivity index (χ2v) is 5.24. The van der Waals surface area contributed by atoms with Crippen LogP contribution in [0.4, 0.5) is 0 Å². The first kappa shape index (κ1) is 13.8. The molecule has 3 unspecified atom stereocenters. The molecule has 1 fully saturated rings. The summed E-state index contributed by atoms with van der Waals surface area (Å²) in [6.45, 7) is 3.40. The normalized spacial score (nSPS) is 22.9. The van der Waals surface area contributed by atoms with Crippen molar-refractivity contribution in [2.75, 3.05) is 13.2 Å². The van der Waals surface area contributed by atoms with E-state index in [0.717, 1.165) is 30.0 Å². The average Bonchev–Trinajstić information content (AvgIpc) is 2.84. The molecule has 1 aliphatic heterocycles. The van der Waals surface area contributed by atoms with Crippen LogP contribution in [-0.4, -0.2) is 25.4 Å². The summed E-state index contributed by atoms with van der Waals surface area (Å²) >= 11 is 5.88. The Morgan fingerprint density at radius 3 is 2.72 bits per heavy atom. The highest BCUT2D eigenvalue weighted by molar-refractivity contribution is 6.30. The van der Waals surface area contributed by atoms with Crippen molar-refractivity contribution in [3.05, 3.63) is 34.9 Å². The Morgan fingerprint density at radius 1 is 1.44 bits per heavy atom. The van der Waals surface area contributed by atoms with E-state index in [1.165, 1.54) is 0 Å². The van der Waals surface area contributed by atoms with Gasteiger partial charge >= 0.3 is 0 Å². The summed E-state index contributed by atoms with van der Waals surface area (Å²) < 4.78 is 11.5. The second kappa shape index (κ2) is 6.53. The van der Waals surface area contributed by atoms with E-state index in [9.17, 15) is 0 Å². The van der Waals surface area contributed by atoms with Gasteiger partial charge in [0.05, 0.1) is 18.8 Å². The van der Waals surface area contributed by atoms with Crippen LogP contribution in [0.3, 0.4) is 0 Å². The number of ether oxygens (including phenoxy) is 2. The van der Waals surface area contributed by atoms with Crippen molar-refractivity contribution in [3.63, 3.8) is 0 Å². The van der Waals surface area contributed by atoms with Crippen LogP contribution in [0.5, 0.6) is 0 Å². The number of hydrogen-bond acceptors (Lipinski definition) is 3. The SMILES string of the molecule is CC(N)C(OCC1CCCO1)c1ccc(Cl)cc1. The van der Waals surface area contributed by atoms with E-state index in [4.69, 9.17) is 26.8 Å². The van der Waals surface area contributed by atoms with Crippen LogP contribution in [0.1, 0.15) is 31.4 Å². The van der Waals surface area contributed by atoms with Gasteiger partial charge in [-0.15, -0.1) is 0 Å². The molecule has 1 heterocycles. The predicted octanol–water partition coefficient (Wildman–Crippen LogP) is 2.92. The lowest BCUT2D eigenvalue weighted by Gasteiger charge is -2.23. The lowest BCUT2D eigenvalue weighted by atomic mass is 10.0. The number of hydrogen-bond donors (Lipinski definition) is 1. The molecular weight excluding hydrogens is 250 g/mol. The van der Waals surface area contributed by atoms with E-state index in [1.807, 2.05) is 31.2 Å². The molecule has 0 amide bonds. The molecule has 1 saturated heterocycles. The highest BCUT2D eigenvalue weighted by Crippen LogP contribution is 2.24. The molecule has 0 aromatic heterocycles. The molecule has 1 aliphatic rings. The van der Waals surface area contributed by atoms with Gasteiger partial charge < -0.3 is 15.2 Å². The van der Waals surface area contributed by atoms with Gasteiger partial charge in [0.15, 0.2) is 0 Å². The van der Waals surface area contributed by atoms with Crippen LogP contribution in [0.15, 0.2) is 24.3 Å². The fourth-order valence-electron chi connectivity index (χ4n) is 2.19. The quantitative estimate of drug-likeness (QED) is 0.894. The van der Waals surface area contributed by atoms with Gasteiger partial charge in [-0.2, -0.15) is 0 Å². The largest absolute Gasteiger partial charge is 0.376 e. The Labute approximate surface area is 113 Å². The number of rotatable bonds is 5. The van der Waals surface area contributed by atoms with Crippen LogP contribution in [-0.2, 0) is 9.47 Å². The molecule has 0 aliphatic carbocycles. The highest BCUT2D eigenvalue weighted by atomic mass is 35.5. The molecule has 3 atom stereocenters. The first-order valence-electron chi connectivity index (χ1n) is 6.41. The summed E-state index contributed by atoms with van der Waals surface area (Å²) in [5.74, 6) is 0. The fraction of sp³-hybridized carbons (Fsp3) is 0.571. The van der Waals surface area contributed by atoms with E-state index in [1.54, 1.807) is 0 Å². The average molecular weight is 270 g/mol. The summed E-state index contributed by atoms with van der Waals surface area (Å²) in [5.41, 5.74) is 7.06. The van der Waals surface area contributed by atoms with Crippen molar-refractivity contribution in [2.24, 2.45) is 5.73 Å². The van der Waals surface area contributed by atoms with Crippen molar-refractivity contribution < 1.29 is 9.47 Å². The van der Waals surface area contributed by atoms with Gasteiger partial charge in [-0.3, -0.25) is 0 Å². The lowest BCUT2D eigenvalue weighted by Crippen LogP contribution is -2.29.